The van der Waals surface area contributed by atoms with Crippen LogP contribution in [0.25, 0.3) is 0 Å². The molecule has 6 heteroatoms. The summed E-state index contributed by atoms with van der Waals surface area (Å²) in [5, 5.41) is 0. The normalized spacial score (nSPS) is 11.2. The largest absolute Gasteiger partial charge is 0.427 e. The molecule has 5 nitrogen and oxygen atoms in total. The minimum absolute atomic E-state index is 0.0962. The predicted molar refractivity (Wildman–Crippen MR) is 53.8 cm³/mol. The number of hydrogen-bond donors (Lipinski definition) is 1. The van der Waals surface area contributed by atoms with Gasteiger partial charge in [-0.25, -0.2) is 18.1 Å². The maximum absolute atomic E-state index is 11.7. The highest BCUT2D eigenvalue weighted by atomic mass is 32.2. The van der Waals surface area contributed by atoms with E-state index in [2.05, 4.69) is 9.71 Å². The summed E-state index contributed by atoms with van der Waals surface area (Å²) >= 11 is 0. The van der Waals surface area contributed by atoms with Crippen molar-refractivity contribution in [3.63, 3.8) is 0 Å². The van der Waals surface area contributed by atoms with Crippen LogP contribution in [0, 0.1) is 0 Å². The standard InChI is InChI=1S/C9H8N2O3S/c12-15(13,8-4-2-1-3-5-8)11-9-6-10-7-14-9/h1-7,11H. The molecule has 0 radical (unpaired) electrons. The Morgan fingerprint density at radius 2 is 1.93 bits per heavy atom. The lowest BCUT2D eigenvalue weighted by molar-refractivity contribution is 0.569. The quantitative estimate of drug-likeness (QED) is 0.857. The fraction of sp³-hybridized carbons (Fsp3) is 0. The summed E-state index contributed by atoms with van der Waals surface area (Å²) in [5.74, 6) is 0.0962. The van der Waals surface area contributed by atoms with Crippen molar-refractivity contribution in [1.29, 1.82) is 0 Å². The van der Waals surface area contributed by atoms with Crippen molar-refractivity contribution in [2.75, 3.05) is 4.72 Å². The molecule has 0 bridgehead atoms. The van der Waals surface area contributed by atoms with Gasteiger partial charge in [-0.05, 0) is 12.1 Å². The van der Waals surface area contributed by atoms with E-state index in [1.54, 1.807) is 18.2 Å². The van der Waals surface area contributed by atoms with Crippen LogP contribution in [0.3, 0.4) is 0 Å². The van der Waals surface area contributed by atoms with Crippen LogP contribution in [0.15, 0.2) is 52.2 Å². The molecule has 0 unspecified atom stereocenters. The van der Waals surface area contributed by atoms with Crippen molar-refractivity contribution >= 4 is 15.9 Å². The summed E-state index contributed by atoms with van der Waals surface area (Å²) in [6, 6.07) is 8.04. The SMILES string of the molecule is O=S(=O)(Nc1cnco1)c1ccccc1. The van der Waals surface area contributed by atoms with Crippen molar-refractivity contribution in [3.05, 3.63) is 42.9 Å². The first-order valence-electron chi connectivity index (χ1n) is 4.15. The van der Waals surface area contributed by atoms with E-state index in [1.165, 1.54) is 18.3 Å². The number of benzene rings is 1. The smallest absolute Gasteiger partial charge is 0.264 e. The van der Waals surface area contributed by atoms with E-state index in [0.717, 1.165) is 6.39 Å². The van der Waals surface area contributed by atoms with Crippen molar-refractivity contribution < 1.29 is 12.8 Å². The zero-order chi connectivity index (χ0) is 10.7. The third-order valence-corrected chi connectivity index (χ3v) is 3.08. The van der Waals surface area contributed by atoms with E-state index in [4.69, 9.17) is 4.42 Å². The van der Waals surface area contributed by atoms with Crippen LogP contribution in [-0.4, -0.2) is 13.4 Å². The summed E-state index contributed by atoms with van der Waals surface area (Å²) in [6.45, 7) is 0. The van der Waals surface area contributed by atoms with Crippen LogP contribution >= 0.6 is 0 Å². The molecule has 2 rings (SSSR count). The number of nitrogens with zero attached hydrogens (tertiary/aromatic N) is 1. The Morgan fingerprint density at radius 3 is 2.53 bits per heavy atom. The van der Waals surface area contributed by atoms with E-state index in [1.807, 2.05) is 0 Å². The number of hydrogen-bond acceptors (Lipinski definition) is 4. The molecule has 0 saturated carbocycles. The molecule has 0 spiro atoms. The van der Waals surface area contributed by atoms with Crippen LogP contribution in [0.5, 0.6) is 0 Å². The van der Waals surface area contributed by atoms with Crippen LogP contribution < -0.4 is 4.72 Å². The first kappa shape index (κ1) is 9.72. The van der Waals surface area contributed by atoms with Crippen LogP contribution in [0.2, 0.25) is 0 Å². The van der Waals surface area contributed by atoms with Gasteiger partial charge in [-0.2, -0.15) is 0 Å². The van der Waals surface area contributed by atoms with E-state index in [9.17, 15) is 8.42 Å². The third-order valence-electron chi connectivity index (χ3n) is 1.72. The van der Waals surface area contributed by atoms with E-state index < -0.39 is 10.0 Å². The average Bonchev–Trinajstić information content (AvgIpc) is 2.71. The maximum Gasteiger partial charge on any atom is 0.264 e. The molecular formula is C9H8N2O3S. The summed E-state index contributed by atoms with van der Waals surface area (Å²) < 4.78 is 30.4. The van der Waals surface area contributed by atoms with E-state index in [-0.39, 0.29) is 10.8 Å². The second kappa shape index (κ2) is 3.74. The van der Waals surface area contributed by atoms with Gasteiger partial charge < -0.3 is 4.42 Å². The molecule has 0 fully saturated rings. The Kier molecular flexibility index (Phi) is 2.42. The van der Waals surface area contributed by atoms with Gasteiger partial charge in [0.1, 0.15) is 0 Å². The molecule has 1 N–H and O–H groups in total. The first-order chi connectivity index (χ1) is 7.18. The number of sulfonamides is 1. The molecular weight excluding hydrogens is 216 g/mol. The average molecular weight is 224 g/mol. The topological polar surface area (TPSA) is 72.2 Å². The van der Waals surface area contributed by atoms with Crippen molar-refractivity contribution in [1.82, 2.24) is 4.98 Å². The number of rotatable bonds is 3. The summed E-state index contributed by atoms with van der Waals surface area (Å²) in [7, 11) is -3.57. The number of nitrogens with one attached hydrogen (secondary N) is 1. The van der Waals surface area contributed by atoms with E-state index in [0.29, 0.717) is 0 Å². The Labute approximate surface area is 86.8 Å². The lowest BCUT2D eigenvalue weighted by atomic mass is 10.4. The zero-order valence-corrected chi connectivity index (χ0v) is 8.44. The minimum atomic E-state index is -3.57. The summed E-state index contributed by atoms with van der Waals surface area (Å²) in [6.07, 6.45) is 2.45. The lowest BCUT2D eigenvalue weighted by Gasteiger charge is -2.03. The predicted octanol–water partition coefficient (Wildman–Crippen LogP) is 1.48. The molecule has 0 saturated heterocycles. The van der Waals surface area contributed by atoms with Gasteiger partial charge in [0.05, 0.1) is 11.1 Å². The number of anilines is 1. The van der Waals surface area contributed by atoms with E-state index >= 15 is 0 Å². The van der Waals surface area contributed by atoms with Gasteiger partial charge in [-0.15, -0.1) is 0 Å². The van der Waals surface area contributed by atoms with Gasteiger partial charge >= 0.3 is 0 Å². The molecule has 0 atom stereocenters. The second-order valence-electron chi connectivity index (χ2n) is 2.78. The van der Waals surface area contributed by atoms with Gasteiger partial charge in [-0.1, -0.05) is 18.2 Å². The molecule has 0 aliphatic carbocycles. The van der Waals surface area contributed by atoms with Gasteiger partial charge in [0, 0.05) is 0 Å². The first-order valence-corrected chi connectivity index (χ1v) is 5.63. The summed E-state index contributed by atoms with van der Waals surface area (Å²) in [4.78, 5) is 3.79. The third kappa shape index (κ3) is 2.16. The van der Waals surface area contributed by atoms with Crippen LogP contribution in [-0.2, 0) is 10.0 Å². The van der Waals surface area contributed by atoms with Gasteiger partial charge in [0.2, 0.25) is 5.88 Å². The highest BCUT2D eigenvalue weighted by molar-refractivity contribution is 7.92. The Hall–Kier alpha value is -1.82. The molecule has 0 aliphatic rings. The van der Waals surface area contributed by atoms with Crippen molar-refractivity contribution in [2.45, 2.75) is 4.90 Å². The molecule has 15 heavy (non-hydrogen) atoms. The number of oxazole rings is 1. The maximum atomic E-state index is 11.7. The van der Waals surface area contributed by atoms with Gasteiger partial charge in [0.15, 0.2) is 6.39 Å². The molecule has 0 amide bonds. The molecule has 2 aromatic rings. The van der Waals surface area contributed by atoms with Gasteiger partial charge in [0.25, 0.3) is 10.0 Å². The van der Waals surface area contributed by atoms with Crippen LogP contribution in [0.4, 0.5) is 5.88 Å². The molecule has 1 aromatic carbocycles. The monoisotopic (exact) mass is 224 g/mol. The molecule has 0 aliphatic heterocycles. The minimum Gasteiger partial charge on any atom is -0.427 e. The summed E-state index contributed by atoms with van der Waals surface area (Å²) in [5.41, 5.74) is 0. The Morgan fingerprint density at radius 1 is 1.20 bits per heavy atom. The van der Waals surface area contributed by atoms with Crippen molar-refractivity contribution in [3.8, 4) is 0 Å². The lowest BCUT2D eigenvalue weighted by Crippen LogP contribution is -2.12. The van der Waals surface area contributed by atoms with Crippen molar-refractivity contribution in [2.24, 2.45) is 0 Å². The zero-order valence-electron chi connectivity index (χ0n) is 7.62. The number of aromatic nitrogens is 1. The highest BCUT2D eigenvalue weighted by Crippen LogP contribution is 2.14. The highest BCUT2D eigenvalue weighted by Gasteiger charge is 2.14. The fourth-order valence-corrected chi connectivity index (χ4v) is 2.06. The second-order valence-corrected chi connectivity index (χ2v) is 4.47. The Bertz CT molecular complexity index is 520. The van der Waals surface area contributed by atoms with Crippen LogP contribution in [0.1, 0.15) is 0 Å². The molecule has 78 valence electrons. The fourth-order valence-electron chi connectivity index (χ4n) is 1.06. The van der Waals surface area contributed by atoms with Gasteiger partial charge in [-0.3, -0.25) is 0 Å². The molecule has 1 heterocycles. The molecule has 1 aromatic heterocycles. The Balaban J connectivity index is 2.29.